The van der Waals surface area contributed by atoms with Crippen LogP contribution in [-0.4, -0.2) is 20.2 Å². The van der Waals surface area contributed by atoms with Crippen molar-refractivity contribution in [1.82, 2.24) is 10.0 Å². The third kappa shape index (κ3) is 2.77. The second kappa shape index (κ2) is 5.24. The molecule has 8 nitrogen and oxygen atoms in total. The predicted molar refractivity (Wildman–Crippen MR) is 72.9 cm³/mol. The number of carbonyl (C=O) groups excluding carboxylic acids is 2. The van der Waals surface area contributed by atoms with Crippen LogP contribution >= 0.6 is 0 Å². The Kier molecular flexibility index (Phi) is 3.77. The van der Waals surface area contributed by atoms with Crippen LogP contribution in [-0.2, 0) is 19.6 Å². The van der Waals surface area contributed by atoms with Crippen molar-refractivity contribution in [1.29, 1.82) is 0 Å². The Balaban J connectivity index is 2.41. The maximum absolute atomic E-state index is 11.7. The number of furan rings is 1. The van der Waals surface area contributed by atoms with Gasteiger partial charge >= 0.3 is 0 Å². The van der Waals surface area contributed by atoms with Gasteiger partial charge in [-0.1, -0.05) is 6.92 Å². The van der Waals surface area contributed by atoms with Crippen molar-refractivity contribution in [2.75, 3.05) is 0 Å². The fraction of sp³-hybridized carbons (Fsp3) is 0.333. The smallest absolute Gasteiger partial charge is 0.282 e. The van der Waals surface area contributed by atoms with Gasteiger partial charge in [-0.3, -0.25) is 9.59 Å². The second-order valence-electron chi connectivity index (χ2n) is 4.56. The van der Waals surface area contributed by atoms with Crippen LogP contribution in [0.4, 0.5) is 0 Å². The summed E-state index contributed by atoms with van der Waals surface area (Å²) in [6.07, 6.45) is 0.510. The molecule has 0 aromatic carbocycles. The quantitative estimate of drug-likeness (QED) is 0.689. The number of aryl methyl sites for hydroxylation is 1. The van der Waals surface area contributed by atoms with Gasteiger partial charge in [-0.05, 0) is 25.5 Å². The summed E-state index contributed by atoms with van der Waals surface area (Å²) in [6, 6.07) is 3.00. The summed E-state index contributed by atoms with van der Waals surface area (Å²) in [7, 11) is -4.20. The molecule has 114 valence electrons. The van der Waals surface area contributed by atoms with Crippen molar-refractivity contribution >= 4 is 21.8 Å². The third-order valence-corrected chi connectivity index (χ3v) is 4.40. The van der Waals surface area contributed by atoms with Gasteiger partial charge in [0.15, 0.2) is 4.91 Å². The molecule has 1 atom stereocenters. The fourth-order valence-electron chi connectivity index (χ4n) is 2.04. The molecule has 0 unspecified atom stereocenters. The van der Waals surface area contributed by atoms with Gasteiger partial charge in [-0.15, -0.1) is 0 Å². The first-order chi connectivity index (χ1) is 9.76. The number of nitrogens with two attached hydrogens (primary N) is 1. The zero-order chi connectivity index (χ0) is 15.8. The maximum atomic E-state index is 11.7. The molecule has 0 saturated heterocycles. The molecular formula is C12H15N3O5S. The molecule has 0 aliphatic carbocycles. The van der Waals surface area contributed by atoms with E-state index in [1.807, 2.05) is 6.92 Å². The van der Waals surface area contributed by atoms with Crippen LogP contribution in [0.2, 0.25) is 0 Å². The molecule has 0 fully saturated rings. The summed E-state index contributed by atoms with van der Waals surface area (Å²) in [5, 5.41) is 2.73. The summed E-state index contributed by atoms with van der Waals surface area (Å²) in [6.45, 7) is 3.58. The van der Waals surface area contributed by atoms with E-state index in [9.17, 15) is 18.0 Å². The first-order valence-electron chi connectivity index (χ1n) is 6.20. The molecule has 0 saturated carbocycles. The lowest BCUT2D eigenvalue weighted by Gasteiger charge is -2.15. The molecule has 9 heteroatoms. The molecule has 4 N–H and O–H groups in total. The molecule has 0 spiro atoms. The lowest BCUT2D eigenvalue weighted by atomic mass is 10.1. The molecule has 0 radical (unpaired) electrons. The molecule has 1 aliphatic rings. The van der Waals surface area contributed by atoms with E-state index < -0.39 is 32.8 Å². The standard InChI is InChI=1S/C12H15N3O5S/c1-3-7(8-5-4-6(2)20-8)14-9-10(11(13)16)21(18,19)15-12(9)17/h4-5,7,14H,3H2,1-2H3,(H2,13,16)(H,15,17)/t7-/m1/s1. The van der Waals surface area contributed by atoms with Gasteiger partial charge < -0.3 is 15.5 Å². The Labute approximate surface area is 121 Å². The van der Waals surface area contributed by atoms with Crippen LogP contribution in [0, 0.1) is 6.92 Å². The molecule has 21 heavy (non-hydrogen) atoms. The molecular weight excluding hydrogens is 298 g/mol. The fourth-order valence-corrected chi connectivity index (χ4v) is 3.17. The minimum Gasteiger partial charge on any atom is -0.464 e. The van der Waals surface area contributed by atoms with E-state index >= 15 is 0 Å². The highest BCUT2D eigenvalue weighted by Gasteiger charge is 2.40. The Hall–Kier alpha value is -2.29. The molecule has 2 heterocycles. The Bertz CT molecular complexity index is 732. The van der Waals surface area contributed by atoms with Gasteiger partial charge in [-0.2, -0.15) is 0 Å². The van der Waals surface area contributed by atoms with Crippen LogP contribution in [0.15, 0.2) is 27.2 Å². The normalized spacial score (nSPS) is 18.5. The highest BCUT2D eigenvalue weighted by molar-refractivity contribution is 7.95. The highest BCUT2D eigenvalue weighted by atomic mass is 32.2. The number of sulfonamides is 1. The van der Waals surface area contributed by atoms with Crippen LogP contribution in [0.25, 0.3) is 0 Å². The van der Waals surface area contributed by atoms with Crippen molar-refractivity contribution < 1.29 is 22.4 Å². The molecule has 2 amide bonds. The lowest BCUT2D eigenvalue weighted by molar-refractivity contribution is -0.117. The van der Waals surface area contributed by atoms with Gasteiger partial charge in [0.2, 0.25) is 0 Å². The van der Waals surface area contributed by atoms with E-state index in [0.717, 1.165) is 0 Å². The first-order valence-corrected chi connectivity index (χ1v) is 7.68. The van der Waals surface area contributed by atoms with Crippen LogP contribution < -0.4 is 15.8 Å². The number of nitrogens with one attached hydrogen (secondary N) is 2. The Morgan fingerprint density at radius 2 is 2.14 bits per heavy atom. The van der Waals surface area contributed by atoms with Crippen molar-refractivity contribution in [3.05, 3.63) is 34.3 Å². The SMILES string of the molecule is CC[C@@H](NC1=C(C(N)=O)S(=O)(=O)NC1=O)c1ccc(C)o1. The second-order valence-corrected chi connectivity index (χ2v) is 6.18. The largest absolute Gasteiger partial charge is 0.464 e. The maximum Gasteiger partial charge on any atom is 0.282 e. The molecule has 2 rings (SSSR count). The van der Waals surface area contributed by atoms with E-state index in [-0.39, 0.29) is 5.70 Å². The zero-order valence-electron chi connectivity index (χ0n) is 11.5. The molecule has 1 aromatic heterocycles. The van der Waals surface area contributed by atoms with E-state index in [1.54, 1.807) is 23.8 Å². The molecule has 1 aromatic rings. The lowest BCUT2D eigenvalue weighted by Crippen LogP contribution is -2.29. The Morgan fingerprint density at radius 1 is 1.48 bits per heavy atom. The average molecular weight is 313 g/mol. The Morgan fingerprint density at radius 3 is 2.62 bits per heavy atom. The van der Waals surface area contributed by atoms with Crippen molar-refractivity contribution in [3.8, 4) is 0 Å². The van der Waals surface area contributed by atoms with Crippen LogP contribution in [0.5, 0.6) is 0 Å². The van der Waals surface area contributed by atoms with Crippen LogP contribution in [0.3, 0.4) is 0 Å². The van der Waals surface area contributed by atoms with E-state index in [2.05, 4.69) is 5.32 Å². The van der Waals surface area contributed by atoms with Crippen LogP contribution in [0.1, 0.15) is 30.9 Å². The monoisotopic (exact) mass is 313 g/mol. The number of hydrogen-bond acceptors (Lipinski definition) is 6. The summed E-state index contributed by atoms with van der Waals surface area (Å²) in [5.74, 6) is -0.895. The van der Waals surface area contributed by atoms with Crippen molar-refractivity contribution in [3.63, 3.8) is 0 Å². The average Bonchev–Trinajstić information content (AvgIpc) is 2.87. The number of rotatable bonds is 5. The summed E-state index contributed by atoms with van der Waals surface area (Å²) < 4.78 is 30.5. The first kappa shape index (κ1) is 15.1. The summed E-state index contributed by atoms with van der Waals surface area (Å²) in [5.41, 5.74) is 4.70. The summed E-state index contributed by atoms with van der Waals surface area (Å²) in [4.78, 5) is 22.3. The van der Waals surface area contributed by atoms with Gasteiger partial charge in [0.1, 0.15) is 17.2 Å². The van der Waals surface area contributed by atoms with Gasteiger partial charge in [0.05, 0.1) is 6.04 Å². The molecule has 1 aliphatic heterocycles. The van der Waals surface area contributed by atoms with Gasteiger partial charge in [-0.25, -0.2) is 13.1 Å². The minimum absolute atomic E-state index is 0.358. The molecule has 0 bridgehead atoms. The van der Waals surface area contributed by atoms with E-state index in [1.165, 1.54) is 0 Å². The number of primary amides is 1. The van der Waals surface area contributed by atoms with Crippen molar-refractivity contribution in [2.24, 2.45) is 5.73 Å². The van der Waals surface area contributed by atoms with Crippen molar-refractivity contribution in [2.45, 2.75) is 26.3 Å². The van der Waals surface area contributed by atoms with Gasteiger partial charge in [0.25, 0.3) is 21.8 Å². The highest BCUT2D eigenvalue weighted by Crippen LogP contribution is 2.24. The predicted octanol–water partition coefficient (Wildman–Crippen LogP) is -0.215. The summed E-state index contributed by atoms with van der Waals surface area (Å²) >= 11 is 0. The minimum atomic E-state index is -4.20. The third-order valence-electron chi connectivity index (χ3n) is 3.01. The number of carbonyl (C=O) groups is 2. The van der Waals surface area contributed by atoms with E-state index in [4.69, 9.17) is 10.2 Å². The number of amides is 2. The van der Waals surface area contributed by atoms with Gasteiger partial charge in [0, 0.05) is 0 Å². The van der Waals surface area contributed by atoms with E-state index in [0.29, 0.717) is 17.9 Å². The topological polar surface area (TPSA) is 132 Å². The number of hydrogen-bond donors (Lipinski definition) is 3. The zero-order valence-corrected chi connectivity index (χ0v) is 12.3.